The molecule has 0 saturated heterocycles. The van der Waals surface area contributed by atoms with E-state index in [4.69, 9.17) is 9.26 Å². The zero-order valence-electron chi connectivity index (χ0n) is 11.1. The molecule has 1 amide bonds. The van der Waals surface area contributed by atoms with Gasteiger partial charge in [0.2, 0.25) is 0 Å². The Morgan fingerprint density at radius 2 is 2.15 bits per heavy atom. The maximum absolute atomic E-state index is 12.0. The molecule has 0 fully saturated rings. The zero-order valence-corrected chi connectivity index (χ0v) is 12.6. The molecule has 0 saturated carbocycles. The molecule has 106 valence electrons. The lowest BCUT2D eigenvalue weighted by Gasteiger charge is -2.04. The van der Waals surface area contributed by atoms with E-state index in [0.29, 0.717) is 12.4 Å². The van der Waals surface area contributed by atoms with Gasteiger partial charge < -0.3 is 14.6 Å². The third kappa shape index (κ3) is 3.91. The van der Waals surface area contributed by atoms with Gasteiger partial charge in [-0.15, -0.1) is 0 Å². The molecule has 6 heteroatoms. The molecule has 0 aliphatic rings. The number of anilines is 1. The van der Waals surface area contributed by atoms with Crippen molar-refractivity contribution in [1.29, 1.82) is 0 Å². The van der Waals surface area contributed by atoms with Crippen LogP contribution in [0.15, 0.2) is 34.9 Å². The molecule has 1 heterocycles. The molecule has 1 aromatic carbocycles. The number of alkyl halides is 1. The van der Waals surface area contributed by atoms with Crippen molar-refractivity contribution in [2.45, 2.75) is 13.0 Å². The van der Waals surface area contributed by atoms with Gasteiger partial charge in [-0.25, -0.2) is 0 Å². The first-order valence-corrected chi connectivity index (χ1v) is 7.26. The highest BCUT2D eigenvalue weighted by Gasteiger charge is 2.12. The van der Waals surface area contributed by atoms with Crippen molar-refractivity contribution in [1.82, 2.24) is 5.16 Å². The minimum absolute atomic E-state index is 0.238. The second-order valence-corrected chi connectivity index (χ2v) is 4.99. The molecule has 0 spiro atoms. The van der Waals surface area contributed by atoms with Gasteiger partial charge in [0, 0.05) is 24.2 Å². The average Bonchev–Trinajstić information content (AvgIpc) is 2.90. The number of nitrogens with one attached hydrogen (secondary N) is 1. The molecular formula is C14H15BrN2O3. The van der Waals surface area contributed by atoms with Crippen molar-refractivity contribution >= 4 is 27.5 Å². The first kappa shape index (κ1) is 14.7. The summed E-state index contributed by atoms with van der Waals surface area (Å²) in [6, 6.07) is 9.27. The summed E-state index contributed by atoms with van der Waals surface area (Å²) in [5, 5.41) is 7.39. The van der Waals surface area contributed by atoms with Crippen molar-refractivity contribution in [3.05, 3.63) is 47.3 Å². The summed E-state index contributed by atoms with van der Waals surface area (Å²) in [4.78, 5) is 12.0. The molecular weight excluding hydrogens is 324 g/mol. The number of methoxy groups -OCH3 is 1. The summed E-state index contributed by atoms with van der Waals surface area (Å²) < 4.78 is 9.88. The second-order valence-electron chi connectivity index (χ2n) is 4.20. The van der Waals surface area contributed by atoms with E-state index in [0.717, 1.165) is 17.4 Å². The van der Waals surface area contributed by atoms with Crippen LogP contribution < -0.4 is 5.32 Å². The number of amides is 1. The number of hydrogen-bond acceptors (Lipinski definition) is 4. The molecule has 5 nitrogen and oxygen atoms in total. The fourth-order valence-electron chi connectivity index (χ4n) is 1.69. The third-order valence-electron chi connectivity index (χ3n) is 2.67. The van der Waals surface area contributed by atoms with Crippen LogP contribution in [0.3, 0.4) is 0 Å². The fraction of sp³-hybridized carbons (Fsp3) is 0.286. The topological polar surface area (TPSA) is 64.4 Å². The minimum atomic E-state index is -0.302. The molecule has 20 heavy (non-hydrogen) atoms. The lowest BCUT2D eigenvalue weighted by Crippen LogP contribution is -2.12. The van der Waals surface area contributed by atoms with E-state index in [1.165, 1.54) is 5.56 Å². The Kier molecular flexibility index (Phi) is 5.31. The summed E-state index contributed by atoms with van der Waals surface area (Å²) in [5.74, 6) is 0.217. The minimum Gasteiger partial charge on any atom is -0.377 e. The van der Waals surface area contributed by atoms with Gasteiger partial charge in [0.15, 0.2) is 11.5 Å². The van der Waals surface area contributed by atoms with Gasteiger partial charge in [0.25, 0.3) is 5.91 Å². The first-order valence-electron chi connectivity index (χ1n) is 6.13. The van der Waals surface area contributed by atoms with Gasteiger partial charge in [-0.2, -0.15) is 0 Å². The summed E-state index contributed by atoms with van der Waals surface area (Å²) in [6.45, 7) is 0.293. The molecule has 0 radical (unpaired) electrons. The van der Waals surface area contributed by atoms with Crippen LogP contribution in [-0.2, 0) is 17.8 Å². The zero-order chi connectivity index (χ0) is 14.4. The number of aromatic nitrogens is 1. The number of rotatable bonds is 6. The number of carbonyl (C=O) groups excluding carboxylic acids is 1. The predicted molar refractivity (Wildman–Crippen MR) is 79.1 cm³/mol. The molecule has 0 atom stereocenters. The summed E-state index contributed by atoms with van der Waals surface area (Å²) in [7, 11) is 1.55. The Hall–Kier alpha value is -1.66. The Balaban J connectivity index is 1.99. The highest BCUT2D eigenvalue weighted by molar-refractivity contribution is 9.09. The molecule has 0 aliphatic carbocycles. The third-order valence-corrected chi connectivity index (χ3v) is 3.07. The Morgan fingerprint density at radius 1 is 1.40 bits per heavy atom. The Labute approximate surface area is 125 Å². The van der Waals surface area contributed by atoms with E-state index in [1.54, 1.807) is 13.2 Å². The van der Waals surface area contributed by atoms with E-state index in [2.05, 4.69) is 26.4 Å². The first-order chi connectivity index (χ1) is 9.72. The highest BCUT2D eigenvalue weighted by atomic mass is 79.9. The van der Waals surface area contributed by atoms with Gasteiger partial charge >= 0.3 is 0 Å². The van der Waals surface area contributed by atoms with E-state index >= 15 is 0 Å². The monoisotopic (exact) mass is 338 g/mol. The lowest BCUT2D eigenvalue weighted by atomic mass is 10.1. The second kappa shape index (κ2) is 7.21. The molecule has 1 aromatic heterocycles. The van der Waals surface area contributed by atoms with Crippen molar-refractivity contribution in [2.75, 3.05) is 17.8 Å². The molecule has 0 aliphatic heterocycles. The normalized spacial score (nSPS) is 10.5. The van der Waals surface area contributed by atoms with Crippen LogP contribution in [0.5, 0.6) is 0 Å². The van der Waals surface area contributed by atoms with Crippen LogP contribution in [0.25, 0.3) is 0 Å². The standard InChI is InChI=1S/C14H15BrN2O3/c1-19-9-12-8-13(17-20-12)14(18)16-11-4-2-10(3-5-11)6-7-15/h2-5,8H,6-7,9H2,1H3,(H,16,18). The van der Waals surface area contributed by atoms with Gasteiger partial charge in [0.05, 0.1) is 0 Å². The van der Waals surface area contributed by atoms with E-state index in [9.17, 15) is 4.79 Å². The predicted octanol–water partition coefficient (Wildman–Crippen LogP) is 3.01. The molecule has 0 unspecified atom stereocenters. The van der Waals surface area contributed by atoms with E-state index < -0.39 is 0 Å². The maximum Gasteiger partial charge on any atom is 0.277 e. The number of aryl methyl sites for hydroxylation is 1. The van der Waals surface area contributed by atoms with Crippen LogP contribution in [0.1, 0.15) is 21.8 Å². The molecule has 2 aromatic rings. The van der Waals surface area contributed by atoms with Gasteiger partial charge in [-0.05, 0) is 24.1 Å². The largest absolute Gasteiger partial charge is 0.377 e. The average molecular weight is 339 g/mol. The van der Waals surface area contributed by atoms with Crippen molar-refractivity contribution < 1.29 is 14.1 Å². The lowest BCUT2D eigenvalue weighted by molar-refractivity contribution is 0.101. The van der Waals surface area contributed by atoms with Crippen molar-refractivity contribution in [3.8, 4) is 0 Å². The maximum atomic E-state index is 12.0. The summed E-state index contributed by atoms with van der Waals surface area (Å²) in [6.07, 6.45) is 0.956. The van der Waals surface area contributed by atoms with Crippen LogP contribution in [0.4, 0.5) is 5.69 Å². The quantitative estimate of drug-likeness (QED) is 0.822. The van der Waals surface area contributed by atoms with E-state index in [1.807, 2.05) is 24.3 Å². The van der Waals surface area contributed by atoms with Crippen LogP contribution in [0, 0.1) is 0 Å². The molecule has 2 rings (SSSR count). The number of nitrogens with zero attached hydrogens (tertiary/aromatic N) is 1. The molecule has 0 bridgehead atoms. The highest BCUT2D eigenvalue weighted by Crippen LogP contribution is 2.13. The number of carbonyl (C=O) groups is 1. The van der Waals surface area contributed by atoms with Crippen molar-refractivity contribution in [3.63, 3.8) is 0 Å². The molecule has 1 N–H and O–H groups in total. The summed E-state index contributed by atoms with van der Waals surface area (Å²) in [5.41, 5.74) is 2.18. The van der Waals surface area contributed by atoms with Gasteiger partial charge in [0.1, 0.15) is 6.61 Å². The Morgan fingerprint density at radius 3 is 2.80 bits per heavy atom. The van der Waals surface area contributed by atoms with E-state index in [-0.39, 0.29) is 11.6 Å². The van der Waals surface area contributed by atoms with Gasteiger partial charge in [-0.1, -0.05) is 33.2 Å². The smallest absolute Gasteiger partial charge is 0.277 e. The van der Waals surface area contributed by atoms with Crippen LogP contribution >= 0.6 is 15.9 Å². The number of benzene rings is 1. The number of hydrogen-bond donors (Lipinski definition) is 1. The van der Waals surface area contributed by atoms with Gasteiger partial charge in [-0.3, -0.25) is 4.79 Å². The number of ether oxygens (including phenoxy) is 1. The summed E-state index contributed by atoms with van der Waals surface area (Å²) >= 11 is 3.39. The van der Waals surface area contributed by atoms with Crippen LogP contribution in [-0.4, -0.2) is 23.5 Å². The Bertz CT molecular complexity index is 566. The SMILES string of the molecule is COCc1cc(C(=O)Nc2ccc(CCBr)cc2)no1. The van der Waals surface area contributed by atoms with Crippen LogP contribution in [0.2, 0.25) is 0 Å². The number of halogens is 1. The van der Waals surface area contributed by atoms with Crippen molar-refractivity contribution in [2.24, 2.45) is 0 Å². The fourth-order valence-corrected chi connectivity index (χ4v) is 2.15.